The molecule has 0 saturated carbocycles. The van der Waals surface area contributed by atoms with Crippen LogP contribution in [-0.2, 0) is 9.53 Å². The van der Waals surface area contributed by atoms with E-state index in [1.54, 1.807) is 10.9 Å². The second-order valence-electron chi connectivity index (χ2n) is 6.40. The summed E-state index contributed by atoms with van der Waals surface area (Å²) in [7, 11) is 0. The summed E-state index contributed by atoms with van der Waals surface area (Å²) >= 11 is 0. The molecule has 2 aliphatic heterocycles. The lowest BCUT2D eigenvalue weighted by Gasteiger charge is -2.47. The standard InChI is InChI=1S/C14H22N4O3/c1-10(2)14(7-21-8-14)12(19)17-5-3-11(4-6-17)18-9-15-16-13(18)20/h9-11H,3-8H2,1-2H3,(H,16,20). The highest BCUT2D eigenvalue weighted by Crippen LogP contribution is 2.38. The predicted molar refractivity (Wildman–Crippen MR) is 75.8 cm³/mol. The summed E-state index contributed by atoms with van der Waals surface area (Å²) in [5.74, 6) is 0.495. The Balaban J connectivity index is 1.65. The molecule has 0 atom stereocenters. The van der Waals surface area contributed by atoms with E-state index in [0.29, 0.717) is 26.3 Å². The van der Waals surface area contributed by atoms with E-state index in [-0.39, 0.29) is 29.0 Å². The molecule has 0 spiro atoms. The van der Waals surface area contributed by atoms with Crippen molar-refractivity contribution in [1.29, 1.82) is 0 Å². The van der Waals surface area contributed by atoms with Crippen molar-refractivity contribution in [2.45, 2.75) is 32.7 Å². The fourth-order valence-corrected chi connectivity index (χ4v) is 3.20. The Morgan fingerprint density at radius 3 is 2.52 bits per heavy atom. The first-order valence-corrected chi connectivity index (χ1v) is 7.53. The van der Waals surface area contributed by atoms with Gasteiger partial charge in [0.25, 0.3) is 0 Å². The van der Waals surface area contributed by atoms with Gasteiger partial charge in [-0.2, -0.15) is 5.10 Å². The number of nitrogens with zero attached hydrogens (tertiary/aromatic N) is 3. The molecule has 7 heteroatoms. The van der Waals surface area contributed by atoms with Gasteiger partial charge in [-0.1, -0.05) is 13.8 Å². The fraction of sp³-hybridized carbons (Fsp3) is 0.786. The summed E-state index contributed by atoms with van der Waals surface area (Å²) in [6.45, 7) is 6.61. The molecule has 1 amide bonds. The van der Waals surface area contributed by atoms with Crippen molar-refractivity contribution in [2.75, 3.05) is 26.3 Å². The summed E-state index contributed by atoms with van der Waals surface area (Å²) in [6.07, 6.45) is 3.13. The maximum Gasteiger partial charge on any atom is 0.343 e. The molecule has 2 aliphatic rings. The van der Waals surface area contributed by atoms with Gasteiger partial charge >= 0.3 is 5.69 Å². The van der Waals surface area contributed by atoms with Crippen LogP contribution in [0.1, 0.15) is 32.7 Å². The average molecular weight is 294 g/mol. The van der Waals surface area contributed by atoms with E-state index < -0.39 is 0 Å². The van der Waals surface area contributed by atoms with E-state index in [1.165, 1.54) is 0 Å². The third-order valence-corrected chi connectivity index (χ3v) is 4.97. The average Bonchev–Trinajstić information content (AvgIpc) is 2.83. The number of nitrogens with one attached hydrogen (secondary N) is 1. The number of amides is 1. The summed E-state index contributed by atoms with van der Waals surface area (Å²) in [5, 5.41) is 6.18. The first-order valence-electron chi connectivity index (χ1n) is 7.53. The topological polar surface area (TPSA) is 80.2 Å². The minimum absolute atomic E-state index is 0.132. The van der Waals surface area contributed by atoms with E-state index >= 15 is 0 Å². The van der Waals surface area contributed by atoms with Gasteiger partial charge in [0.15, 0.2) is 0 Å². The molecule has 0 aliphatic carbocycles. The normalized spacial score (nSPS) is 22.3. The highest BCUT2D eigenvalue weighted by atomic mass is 16.5. The highest BCUT2D eigenvalue weighted by Gasteiger charge is 2.50. The number of aromatic amines is 1. The number of H-pyrrole nitrogens is 1. The van der Waals surface area contributed by atoms with Crippen molar-refractivity contribution in [3.8, 4) is 0 Å². The van der Waals surface area contributed by atoms with Crippen LogP contribution in [0.3, 0.4) is 0 Å². The summed E-state index contributed by atoms with van der Waals surface area (Å²) in [5.41, 5.74) is -0.509. The number of ether oxygens (including phenoxy) is 1. The molecule has 1 N–H and O–H groups in total. The molecule has 21 heavy (non-hydrogen) atoms. The minimum atomic E-state index is -0.334. The van der Waals surface area contributed by atoms with Gasteiger partial charge in [-0.3, -0.25) is 9.36 Å². The van der Waals surface area contributed by atoms with Crippen molar-refractivity contribution in [3.05, 3.63) is 16.8 Å². The Labute approximate surface area is 123 Å². The van der Waals surface area contributed by atoms with Gasteiger partial charge in [0, 0.05) is 19.1 Å². The van der Waals surface area contributed by atoms with Crippen LogP contribution in [0.5, 0.6) is 0 Å². The zero-order valence-electron chi connectivity index (χ0n) is 12.5. The largest absolute Gasteiger partial charge is 0.379 e. The molecular weight excluding hydrogens is 272 g/mol. The lowest BCUT2D eigenvalue weighted by atomic mass is 9.74. The number of likely N-dealkylation sites (tertiary alicyclic amines) is 1. The number of hydrogen-bond donors (Lipinski definition) is 1. The zero-order valence-corrected chi connectivity index (χ0v) is 12.5. The van der Waals surface area contributed by atoms with Crippen molar-refractivity contribution in [3.63, 3.8) is 0 Å². The van der Waals surface area contributed by atoms with E-state index in [9.17, 15) is 9.59 Å². The Kier molecular flexibility index (Phi) is 3.61. The molecule has 1 aromatic heterocycles. The smallest absolute Gasteiger partial charge is 0.343 e. The Bertz CT molecular complexity index is 565. The van der Waals surface area contributed by atoms with E-state index in [2.05, 4.69) is 24.0 Å². The monoisotopic (exact) mass is 294 g/mol. The molecule has 2 fully saturated rings. The second-order valence-corrected chi connectivity index (χ2v) is 6.40. The molecule has 2 saturated heterocycles. The Hall–Kier alpha value is -1.63. The second kappa shape index (κ2) is 5.29. The fourth-order valence-electron chi connectivity index (χ4n) is 3.20. The predicted octanol–water partition coefficient (Wildman–Crippen LogP) is 0.408. The summed E-state index contributed by atoms with van der Waals surface area (Å²) < 4.78 is 6.93. The van der Waals surface area contributed by atoms with Crippen molar-refractivity contribution < 1.29 is 9.53 Å². The SMILES string of the molecule is CC(C)C1(C(=O)N2CCC(n3cn[nH]c3=O)CC2)COC1. The van der Waals surface area contributed by atoms with Crippen LogP contribution in [0.4, 0.5) is 0 Å². The van der Waals surface area contributed by atoms with Gasteiger partial charge in [0.2, 0.25) is 5.91 Å². The molecule has 0 bridgehead atoms. The lowest BCUT2D eigenvalue weighted by molar-refractivity contribution is -0.183. The molecule has 7 nitrogen and oxygen atoms in total. The molecule has 0 aromatic carbocycles. The highest BCUT2D eigenvalue weighted by molar-refractivity contribution is 5.84. The Morgan fingerprint density at radius 1 is 1.43 bits per heavy atom. The number of piperidine rings is 1. The number of aromatic nitrogens is 3. The number of rotatable bonds is 3. The lowest BCUT2D eigenvalue weighted by Crippen LogP contribution is -2.59. The van der Waals surface area contributed by atoms with E-state index in [1.807, 2.05) is 4.90 Å². The third-order valence-electron chi connectivity index (χ3n) is 4.97. The number of hydrogen-bond acceptors (Lipinski definition) is 4. The molecule has 3 rings (SSSR count). The van der Waals surface area contributed by atoms with Gasteiger partial charge in [0.05, 0.1) is 18.6 Å². The van der Waals surface area contributed by atoms with E-state index in [4.69, 9.17) is 4.74 Å². The maximum absolute atomic E-state index is 12.8. The zero-order chi connectivity index (χ0) is 15.0. The third kappa shape index (κ3) is 2.29. The Morgan fingerprint density at radius 2 is 2.10 bits per heavy atom. The maximum atomic E-state index is 12.8. The molecule has 0 radical (unpaired) electrons. The molecule has 0 unspecified atom stereocenters. The molecule has 3 heterocycles. The van der Waals surface area contributed by atoms with Crippen LogP contribution in [0.15, 0.2) is 11.1 Å². The summed E-state index contributed by atoms with van der Waals surface area (Å²) in [6, 6.07) is 0.132. The van der Waals surface area contributed by atoms with Crippen molar-refractivity contribution >= 4 is 5.91 Å². The van der Waals surface area contributed by atoms with Crippen molar-refractivity contribution in [1.82, 2.24) is 19.7 Å². The quantitative estimate of drug-likeness (QED) is 0.875. The summed E-state index contributed by atoms with van der Waals surface area (Å²) in [4.78, 5) is 26.3. The van der Waals surface area contributed by atoms with Crippen LogP contribution < -0.4 is 5.69 Å². The van der Waals surface area contributed by atoms with Gasteiger partial charge in [-0.05, 0) is 18.8 Å². The van der Waals surface area contributed by atoms with Gasteiger partial charge in [-0.15, -0.1) is 0 Å². The van der Waals surface area contributed by atoms with Crippen LogP contribution in [0.25, 0.3) is 0 Å². The van der Waals surface area contributed by atoms with Crippen LogP contribution >= 0.6 is 0 Å². The van der Waals surface area contributed by atoms with Gasteiger partial charge in [0.1, 0.15) is 6.33 Å². The number of carbonyl (C=O) groups excluding carboxylic acids is 1. The first kappa shape index (κ1) is 14.3. The molecular formula is C14H22N4O3. The van der Waals surface area contributed by atoms with Crippen LogP contribution in [-0.4, -0.2) is 51.9 Å². The van der Waals surface area contributed by atoms with Crippen molar-refractivity contribution in [2.24, 2.45) is 11.3 Å². The molecule has 116 valence electrons. The molecule has 1 aromatic rings. The number of carbonyl (C=O) groups is 1. The van der Waals surface area contributed by atoms with Gasteiger partial charge < -0.3 is 9.64 Å². The first-order chi connectivity index (χ1) is 10.0. The van der Waals surface area contributed by atoms with Gasteiger partial charge in [-0.25, -0.2) is 9.89 Å². The van der Waals surface area contributed by atoms with Crippen LogP contribution in [0.2, 0.25) is 0 Å². The van der Waals surface area contributed by atoms with Crippen LogP contribution in [0, 0.1) is 11.3 Å². The minimum Gasteiger partial charge on any atom is -0.379 e. The van der Waals surface area contributed by atoms with E-state index in [0.717, 1.165) is 12.8 Å².